The molecule has 0 radical (unpaired) electrons. The summed E-state index contributed by atoms with van der Waals surface area (Å²) in [6.07, 6.45) is -0.131. The molecule has 3 unspecified atom stereocenters. The minimum atomic E-state index is -3.90. The number of aromatic nitrogens is 1. The highest BCUT2D eigenvalue weighted by molar-refractivity contribution is 7.92. The third-order valence-corrected chi connectivity index (χ3v) is 6.92. The first-order valence-corrected chi connectivity index (χ1v) is 10.5. The zero-order chi connectivity index (χ0) is 20.1. The van der Waals surface area contributed by atoms with Crippen molar-refractivity contribution in [2.75, 3.05) is 5.32 Å². The second-order valence-electron chi connectivity index (χ2n) is 6.70. The molecule has 150 valence electrons. The molecule has 3 rings (SSSR count). The molecule has 1 aliphatic carbocycles. The smallest absolute Gasteiger partial charge is 0.319 e. The Morgan fingerprint density at radius 1 is 1.14 bits per heavy atom. The fourth-order valence-electron chi connectivity index (χ4n) is 3.15. The summed E-state index contributed by atoms with van der Waals surface area (Å²) in [5.41, 5.74) is 1.23. The molecular formula is C19H21F2N3O3S. The molecule has 0 aliphatic heterocycles. The van der Waals surface area contributed by atoms with E-state index >= 15 is 0 Å². The van der Waals surface area contributed by atoms with Gasteiger partial charge >= 0.3 is 6.03 Å². The lowest BCUT2D eigenvalue weighted by molar-refractivity contribution is 0.161. The van der Waals surface area contributed by atoms with Crippen LogP contribution in [-0.4, -0.2) is 37.0 Å². The van der Waals surface area contributed by atoms with E-state index in [1.807, 2.05) is 6.07 Å². The van der Waals surface area contributed by atoms with Crippen LogP contribution in [-0.2, 0) is 16.4 Å². The van der Waals surface area contributed by atoms with Crippen molar-refractivity contribution < 1.29 is 22.0 Å². The maximum absolute atomic E-state index is 14.1. The van der Waals surface area contributed by atoms with Crippen LogP contribution in [0.2, 0.25) is 0 Å². The maximum Gasteiger partial charge on any atom is 0.319 e. The van der Waals surface area contributed by atoms with Crippen molar-refractivity contribution in [1.82, 2.24) is 10.3 Å². The minimum Gasteiger partial charge on any atom is -0.334 e. The fraction of sp³-hybridized carbons (Fsp3) is 0.368. The Morgan fingerprint density at radius 3 is 2.54 bits per heavy atom. The second-order valence-corrected chi connectivity index (χ2v) is 8.87. The van der Waals surface area contributed by atoms with Crippen molar-refractivity contribution in [2.45, 2.75) is 48.3 Å². The summed E-state index contributed by atoms with van der Waals surface area (Å²) in [5, 5.41) is 4.02. The first kappa shape index (κ1) is 20.2. The van der Waals surface area contributed by atoms with Gasteiger partial charge in [-0.15, -0.1) is 0 Å². The van der Waals surface area contributed by atoms with E-state index in [9.17, 15) is 22.0 Å². The first-order valence-electron chi connectivity index (χ1n) is 8.92. The topological polar surface area (TPSA) is 88.2 Å². The molecular weight excluding hydrogens is 388 g/mol. The third kappa shape index (κ3) is 4.83. The summed E-state index contributed by atoms with van der Waals surface area (Å²) in [7, 11) is -3.90. The number of amides is 2. The monoisotopic (exact) mass is 409 g/mol. The van der Waals surface area contributed by atoms with Gasteiger partial charge in [0, 0.05) is 31.0 Å². The van der Waals surface area contributed by atoms with Crippen molar-refractivity contribution in [1.29, 1.82) is 0 Å². The Hall–Kier alpha value is -2.55. The Morgan fingerprint density at radius 2 is 1.89 bits per heavy atom. The van der Waals surface area contributed by atoms with Crippen molar-refractivity contribution in [2.24, 2.45) is 0 Å². The van der Waals surface area contributed by atoms with E-state index in [0.717, 1.165) is 5.56 Å². The summed E-state index contributed by atoms with van der Waals surface area (Å²) in [4.78, 5) is 15.9. The number of alkyl halides is 2. The summed E-state index contributed by atoms with van der Waals surface area (Å²) < 4.78 is 52.6. The second kappa shape index (κ2) is 8.64. The minimum absolute atomic E-state index is 0.0403. The molecule has 0 spiro atoms. The average Bonchev–Trinajstić information content (AvgIpc) is 2.67. The molecule has 1 heterocycles. The van der Waals surface area contributed by atoms with Crippen LogP contribution in [0.15, 0.2) is 53.7 Å². The number of rotatable bonds is 5. The molecule has 0 saturated heterocycles. The molecule has 1 aromatic heterocycles. The predicted molar refractivity (Wildman–Crippen MR) is 101 cm³/mol. The Labute approximate surface area is 162 Å². The maximum atomic E-state index is 14.1. The zero-order valence-corrected chi connectivity index (χ0v) is 15.8. The van der Waals surface area contributed by atoms with Crippen molar-refractivity contribution >= 4 is 21.6 Å². The van der Waals surface area contributed by atoms with Gasteiger partial charge in [0.1, 0.15) is 12.3 Å². The van der Waals surface area contributed by atoms with E-state index in [4.69, 9.17) is 0 Å². The highest BCUT2D eigenvalue weighted by Gasteiger charge is 2.40. The normalized spacial score (nSPS) is 22.4. The van der Waals surface area contributed by atoms with Crippen molar-refractivity contribution in [3.8, 4) is 0 Å². The molecule has 1 fully saturated rings. The molecule has 28 heavy (non-hydrogen) atoms. The number of urea groups is 1. The van der Waals surface area contributed by atoms with Gasteiger partial charge in [0.25, 0.3) is 0 Å². The standard InChI is InChI=1S/C19H21F2N3O3S/c20-14-3-8-18(17(21)10-14)28(26,27)16-6-4-15(5-7-16)24-19(25)23-12-13-2-1-9-22-11-13/h1-2,4-7,9,11,14,17-18H,3,8,10,12H2,(H2,23,24,25). The Kier molecular flexibility index (Phi) is 6.23. The highest BCUT2D eigenvalue weighted by atomic mass is 32.2. The lowest BCUT2D eigenvalue weighted by Gasteiger charge is -2.27. The summed E-state index contributed by atoms with van der Waals surface area (Å²) in [6.45, 7) is 0.293. The fourth-order valence-corrected chi connectivity index (χ4v) is 4.96. The molecule has 1 saturated carbocycles. The van der Waals surface area contributed by atoms with Gasteiger partial charge in [0.05, 0.1) is 10.1 Å². The van der Waals surface area contributed by atoms with Gasteiger partial charge < -0.3 is 10.6 Å². The average molecular weight is 409 g/mol. The van der Waals surface area contributed by atoms with Crippen LogP contribution in [0.5, 0.6) is 0 Å². The molecule has 2 aromatic rings. The number of hydrogen-bond acceptors (Lipinski definition) is 4. The molecule has 3 atom stereocenters. The number of nitrogens with one attached hydrogen (secondary N) is 2. The summed E-state index contributed by atoms with van der Waals surface area (Å²) >= 11 is 0. The number of hydrogen-bond donors (Lipinski definition) is 2. The number of anilines is 1. The molecule has 6 nitrogen and oxygen atoms in total. The van der Waals surface area contributed by atoms with E-state index in [1.54, 1.807) is 18.5 Å². The summed E-state index contributed by atoms with van der Waals surface area (Å²) in [5.74, 6) is 0. The SMILES string of the molecule is O=C(NCc1cccnc1)Nc1ccc(S(=O)(=O)C2CCC(F)CC2F)cc1. The predicted octanol–water partition coefficient (Wildman–Crippen LogP) is 3.41. The van der Waals surface area contributed by atoms with E-state index in [-0.39, 0.29) is 24.2 Å². The molecule has 9 heteroatoms. The van der Waals surface area contributed by atoms with E-state index in [1.165, 1.54) is 24.3 Å². The van der Waals surface area contributed by atoms with Crippen LogP contribution in [0.4, 0.5) is 19.3 Å². The van der Waals surface area contributed by atoms with Crippen LogP contribution in [0.3, 0.4) is 0 Å². The Bertz CT molecular complexity index is 908. The lowest BCUT2D eigenvalue weighted by atomic mass is 9.97. The number of benzene rings is 1. The molecule has 1 aliphatic rings. The highest BCUT2D eigenvalue weighted by Crippen LogP contribution is 2.32. The molecule has 2 N–H and O–H groups in total. The van der Waals surface area contributed by atoms with Crippen LogP contribution in [0.1, 0.15) is 24.8 Å². The number of sulfone groups is 1. The summed E-state index contributed by atoms with van der Waals surface area (Å²) in [6, 6.07) is 8.64. The van der Waals surface area contributed by atoms with Gasteiger partial charge in [0.2, 0.25) is 0 Å². The van der Waals surface area contributed by atoms with Crippen LogP contribution in [0, 0.1) is 0 Å². The van der Waals surface area contributed by atoms with E-state index in [0.29, 0.717) is 12.2 Å². The quantitative estimate of drug-likeness (QED) is 0.792. The number of pyridine rings is 1. The Balaban J connectivity index is 1.60. The molecule has 1 aromatic carbocycles. The van der Waals surface area contributed by atoms with Gasteiger partial charge in [-0.3, -0.25) is 4.98 Å². The zero-order valence-electron chi connectivity index (χ0n) is 15.0. The number of nitrogens with zero attached hydrogens (tertiary/aromatic N) is 1. The largest absolute Gasteiger partial charge is 0.334 e. The van der Waals surface area contributed by atoms with Crippen molar-refractivity contribution in [3.63, 3.8) is 0 Å². The van der Waals surface area contributed by atoms with Gasteiger partial charge in [-0.2, -0.15) is 0 Å². The van der Waals surface area contributed by atoms with Crippen LogP contribution in [0.25, 0.3) is 0 Å². The van der Waals surface area contributed by atoms with Gasteiger partial charge in [-0.05, 0) is 48.7 Å². The van der Waals surface area contributed by atoms with Gasteiger partial charge in [-0.25, -0.2) is 22.0 Å². The van der Waals surface area contributed by atoms with E-state index in [2.05, 4.69) is 15.6 Å². The van der Waals surface area contributed by atoms with Crippen molar-refractivity contribution in [3.05, 3.63) is 54.4 Å². The van der Waals surface area contributed by atoms with Crippen LogP contribution >= 0.6 is 0 Å². The van der Waals surface area contributed by atoms with Crippen LogP contribution < -0.4 is 10.6 Å². The lowest BCUT2D eigenvalue weighted by Crippen LogP contribution is -2.37. The first-order chi connectivity index (χ1) is 13.4. The molecule has 2 amide bonds. The van der Waals surface area contributed by atoms with Gasteiger partial charge in [-0.1, -0.05) is 6.07 Å². The van der Waals surface area contributed by atoms with Gasteiger partial charge in [0.15, 0.2) is 9.84 Å². The van der Waals surface area contributed by atoms with E-state index < -0.39 is 33.5 Å². The number of carbonyl (C=O) groups is 1. The number of halogens is 2. The third-order valence-electron chi connectivity index (χ3n) is 4.66. The number of carbonyl (C=O) groups excluding carboxylic acids is 1. The molecule has 0 bridgehead atoms.